The summed E-state index contributed by atoms with van der Waals surface area (Å²) in [7, 11) is 1.28. The topological polar surface area (TPSA) is 72.0 Å². The van der Waals surface area contributed by atoms with E-state index in [9.17, 15) is 4.79 Å². The first kappa shape index (κ1) is 18.7. The van der Waals surface area contributed by atoms with E-state index in [0.29, 0.717) is 26.9 Å². The molecule has 120 valence electrons. The number of methoxy groups -OCH3 is 1. The van der Waals surface area contributed by atoms with Crippen molar-refractivity contribution in [2.75, 3.05) is 20.3 Å². The Morgan fingerprint density at radius 3 is 2.86 bits per heavy atom. The number of benzene rings is 1. The van der Waals surface area contributed by atoms with Gasteiger partial charge in [0.25, 0.3) is 0 Å². The normalized spacial score (nSPS) is 10.4. The van der Waals surface area contributed by atoms with Crippen LogP contribution in [-0.4, -0.2) is 37.6 Å². The smallest absolute Gasteiger partial charge is 0.343 e. The average Bonchev–Trinajstić information content (AvgIpc) is 2.46. The monoisotopic (exact) mass is 407 g/mol. The predicted octanol–water partition coefficient (Wildman–Crippen LogP) is 2.47. The maximum Gasteiger partial charge on any atom is 0.343 e. The molecule has 0 aromatic heterocycles. The highest BCUT2D eigenvalue weighted by Gasteiger charge is 2.11. The van der Waals surface area contributed by atoms with Crippen LogP contribution in [0.1, 0.15) is 12.5 Å². The van der Waals surface area contributed by atoms with Crippen molar-refractivity contribution in [3.8, 4) is 5.75 Å². The zero-order valence-electron chi connectivity index (χ0n) is 12.0. The van der Waals surface area contributed by atoms with Crippen molar-refractivity contribution in [3.05, 3.63) is 27.2 Å². The van der Waals surface area contributed by atoms with Crippen LogP contribution in [0.3, 0.4) is 0 Å². The van der Waals surface area contributed by atoms with E-state index in [1.165, 1.54) is 7.11 Å². The molecule has 0 aliphatic heterocycles. The highest BCUT2D eigenvalue weighted by atomic mass is 79.9. The standard InChI is InChI=1S/C13H15BrClN3O3S/c1-3-16-13(22)18-17-6-8-4-9(14)12(10(15)5-8)21-7-11(19)20-2/h4-6H,3,7H2,1-2H3,(H2,16,18,22). The van der Waals surface area contributed by atoms with Gasteiger partial charge in [0.1, 0.15) is 0 Å². The third-order valence-electron chi connectivity index (χ3n) is 2.30. The summed E-state index contributed by atoms with van der Waals surface area (Å²) in [5.74, 6) is -0.130. The number of hydrazone groups is 1. The quantitative estimate of drug-likeness (QED) is 0.326. The minimum absolute atomic E-state index is 0.221. The van der Waals surface area contributed by atoms with E-state index >= 15 is 0 Å². The van der Waals surface area contributed by atoms with Gasteiger partial charge in [0.15, 0.2) is 17.5 Å². The van der Waals surface area contributed by atoms with Gasteiger partial charge >= 0.3 is 5.97 Å². The fourth-order valence-corrected chi connectivity index (χ4v) is 2.53. The third kappa shape index (κ3) is 6.17. The summed E-state index contributed by atoms with van der Waals surface area (Å²) in [6.07, 6.45) is 1.56. The van der Waals surface area contributed by atoms with Gasteiger partial charge in [-0.2, -0.15) is 5.10 Å². The number of rotatable bonds is 6. The van der Waals surface area contributed by atoms with Crippen LogP contribution in [0.2, 0.25) is 5.02 Å². The molecule has 0 radical (unpaired) electrons. The fourth-order valence-electron chi connectivity index (χ4n) is 1.35. The Kier molecular flexibility index (Phi) is 8.15. The van der Waals surface area contributed by atoms with Crippen molar-refractivity contribution >= 4 is 57.0 Å². The number of carbonyl (C=O) groups is 1. The van der Waals surface area contributed by atoms with Gasteiger partial charge in [-0.15, -0.1) is 0 Å². The van der Waals surface area contributed by atoms with Crippen LogP contribution < -0.4 is 15.5 Å². The Hall–Kier alpha value is -1.38. The van der Waals surface area contributed by atoms with E-state index in [1.807, 2.05) is 6.92 Å². The van der Waals surface area contributed by atoms with Crippen molar-refractivity contribution in [1.82, 2.24) is 10.7 Å². The number of carbonyl (C=O) groups excluding carboxylic acids is 1. The zero-order chi connectivity index (χ0) is 16.5. The van der Waals surface area contributed by atoms with Gasteiger partial charge in [-0.3, -0.25) is 5.43 Å². The van der Waals surface area contributed by atoms with Gasteiger partial charge in [-0.05, 0) is 52.8 Å². The minimum Gasteiger partial charge on any atom is -0.479 e. The first-order valence-electron chi connectivity index (χ1n) is 6.23. The van der Waals surface area contributed by atoms with Crippen molar-refractivity contribution in [2.24, 2.45) is 5.10 Å². The van der Waals surface area contributed by atoms with Gasteiger partial charge in [0, 0.05) is 6.54 Å². The van der Waals surface area contributed by atoms with Gasteiger partial charge in [-0.1, -0.05) is 11.6 Å². The molecule has 6 nitrogen and oxygen atoms in total. The van der Waals surface area contributed by atoms with E-state index in [-0.39, 0.29) is 6.61 Å². The molecule has 2 N–H and O–H groups in total. The van der Waals surface area contributed by atoms with Crippen LogP contribution in [-0.2, 0) is 9.53 Å². The highest BCUT2D eigenvalue weighted by Crippen LogP contribution is 2.34. The lowest BCUT2D eigenvalue weighted by Gasteiger charge is -2.10. The second kappa shape index (κ2) is 9.60. The molecule has 0 fully saturated rings. The number of hydrogen-bond acceptors (Lipinski definition) is 5. The lowest BCUT2D eigenvalue weighted by molar-refractivity contribution is -0.142. The Morgan fingerprint density at radius 1 is 1.55 bits per heavy atom. The number of hydrogen-bond donors (Lipinski definition) is 2. The fraction of sp³-hybridized carbons (Fsp3) is 0.308. The minimum atomic E-state index is -0.491. The molecule has 0 bridgehead atoms. The van der Waals surface area contributed by atoms with Crippen LogP contribution in [0.25, 0.3) is 0 Å². The molecule has 0 spiro atoms. The van der Waals surface area contributed by atoms with Crippen LogP contribution >= 0.6 is 39.7 Å². The van der Waals surface area contributed by atoms with E-state index < -0.39 is 5.97 Å². The van der Waals surface area contributed by atoms with Gasteiger partial charge in [0.2, 0.25) is 0 Å². The SMILES string of the molecule is CCNC(=S)NN=Cc1cc(Cl)c(OCC(=O)OC)c(Br)c1. The summed E-state index contributed by atoms with van der Waals surface area (Å²) in [6, 6.07) is 3.40. The van der Waals surface area contributed by atoms with E-state index in [1.54, 1.807) is 18.3 Å². The average molecular weight is 409 g/mol. The summed E-state index contributed by atoms with van der Waals surface area (Å²) in [5.41, 5.74) is 3.40. The number of nitrogens with one attached hydrogen (secondary N) is 2. The summed E-state index contributed by atoms with van der Waals surface area (Å²) >= 11 is 14.4. The van der Waals surface area contributed by atoms with E-state index in [2.05, 4.69) is 36.5 Å². The lowest BCUT2D eigenvalue weighted by atomic mass is 10.2. The molecule has 22 heavy (non-hydrogen) atoms. The van der Waals surface area contributed by atoms with E-state index in [0.717, 1.165) is 5.56 Å². The number of nitrogens with zero attached hydrogens (tertiary/aromatic N) is 1. The molecule has 0 unspecified atom stereocenters. The first-order valence-corrected chi connectivity index (χ1v) is 7.81. The van der Waals surface area contributed by atoms with Crippen LogP contribution in [0.4, 0.5) is 0 Å². The number of esters is 1. The molecule has 0 aliphatic rings. The van der Waals surface area contributed by atoms with Crippen LogP contribution in [0, 0.1) is 0 Å². The zero-order valence-corrected chi connectivity index (χ0v) is 15.1. The summed E-state index contributed by atoms with van der Waals surface area (Å²) in [6.45, 7) is 2.42. The maximum absolute atomic E-state index is 11.1. The molecule has 1 aromatic carbocycles. The second-order valence-corrected chi connectivity index (χ2v) is 5.58. The number of ether oxygens (including phenoxy) is 2. The summed E-state index contributed by atoms with van der Waals surface area (Å²) in [5, 5.41) is 7.66. The van der Waals surface area contributed by atoms with Crippen LogP contribution in [0.15, 0.2) is 21.7 Å². The summed E-state index contributed by atoms with van der Waals surface area (Å²) in [4.78, 5) is 11.1. The molecule has 0 amide bonds. The molecule has 0 heterocycles. The Labute approximate surface area is 147 Å². The largest absolute Gasteiger partial charge is 0.479 e. The Balaban J connectivity index is 2.74. The highest BCUT2D eigenvalue weighted by molar-refractivity contribution is 9.10. The van der Waals surface area contributed by atoms with Gasteiger partial charge in [0.05, 0.1) is 22.8 Å². The Morgan fingerprint density at radius 2 is 2.27 bits per heavy atom. The molecule has 0 saturated heterocycles. The van der Waals surface area contributed by atoms with Crippen molar-refractivity contribution in [3.63, 3.8) is 0 Å². The number of halogens is 2. The maximum atomic E-state index is 11.1. The van der Waals surface area contributed by atoms with Crippen molar-refractivity contribution in [2.45, 2.75) is 6.92 Å². The van der Waals surface area contributed by atoms with Crippen molar-refractivity contribution < 1.29 is 14.3 Å². The van der Waals surface area contributed by atoms with Crippen LogP contribution in [0.5, 0.6) is 5.75 Å². The van der Waals surface area contributed by atoms with Crippen molar-refractivity contribution in [1.29, 1.82) is 0 Å². The molecular weight excluding hydrogens is 394 g/mol. The van der Waals surface area contributed by atoms with Gasteiger partial charge < -0.3 is 14.8 Å². The molecule has 0 aliphatic carbocycles. The molecule has 0 atom stereocenters. The summed E-state index contributed by atoms with van der Waals surface area (Å²) < 4.78 is 10.4. The predicted molar refractivity (Wildman–Crippen MR) is 93.7 cm³/mol. The Bertz CT molecular complexity index is 561. The molecule has 0 saturated carbocycles. The lowest BCUT2D eigenvalue weighted by Crippen LogP contribution is -2.31. The third-order valence-corrected chi connectivity index (χ3v) is 3.41. The molecule has 1 aromatic rings. The molecule has 9 heteroatoms. The molecular formula is C13H15BrClN3O3S. The first-order chi connectivity index (χ1) is 10.5. The van der Waals surface area contributed by atoms with E-state index in [4.69, 9.17) is 28.6 Å². The van der Waals surface area contributed by atoms with Gasteiger partial charge in [-0.25, -0.2) is 4.79 Å². The molecule has 1 rings (SSSR count). The second-order valence-electron chi connectivity index (χ2n) is 3.91. The number of thiocarbonyl (C=S) groups is 1.